The third-order valence-corrected chi connectivity index (χ3v) is 5.10. The summed E-state index contributed by atoms with van der Waals surface area (Å²) in [6.07, 6.45) is -1.13. The van der Waals surface area contributed by atoms with Crippen LogP contribution in [0.5, 0.6) is 0 Å². The van der Waals surface area contributed by atoms with E-state index in [1.807, 2.05) is 0 Å². The smallest absolute Gasteiger partial charge is 0.345 e. The van der Waals surface area contributed by atoms with Gasteiger partial charge in [0.25, 0.3) is 5.91 Å². The van der Waals surface area contributed by atoms with Gasteiger partial charge >= 0.3 is 6.18 Å². The summed E-state index contributed by atoms with van der Waals surface area (Å²) < 4.78 is 40.5. The standard InChI is InChI=1S/C19H18F3N5O2/c1-11-4-5-13-16(28)14(9-23-17(13)25-11)18(29)26-8-2-3-12(10-26)27-15(6-7-24-27)19(20,21)22/h4-7,9,12H,2-3,8,10H2,1H3,(H,23,25,28). The number of pyridine rings is 2. The molecule has 0 spiro atoms. The number of carbonyl (C=O) groups excluding carboxylic acids is 1. The molecule has 1 saturated heterocycles. The van der Waals surface area contributed by atoms with Crippen molar-refractivity contribution in [3.63, 3.8) is 0 Å². The molecule has 0 bridgehead atoms. The van der Waals surface area contributed by atoms with Gasteiger partial charge in [0.15, 0.2) is 0 Å². The van der Waals surface area contributed by atoms with Gasteiger partial charge in [0.2, 0.25) is 5.43 Å². The molecule has 152 valence electrons. The Hall–Kier alpha value is -3.17. The summed E-state index contributed by atoms with van der Waals surface area (Å²) in [6, 6.07) is 3.59. The van der Waals surface area contributed by atoms with E-state index in [0.717, 1.165) is 22.6 Å². The predicted octanol–water partition coefficient (Wildman–Crippen LogP) is 2.92. The van der Waals surface area contributed by atoms with Gasteiger partial charge in [0.1, 0.15) is 16.9 Å². The minimum atomic E-state index is -4.52. The molecule has 1 atom stereocenters. The number of hydrogen-bond acceptors (Lipinski definition) is 4. The highest BCUT2D eigenvalue weighted by Gasteiger charge is 2.38. The van der Waals surface area contributed by atoms with E-state index in [9.17, 15) is 22.8 Å². The van der Waals surface area contributed by atoms with Crippen molar-refractivity contribution < 1.29 is 18.0 Å². The molecule has 1 unspecified atom stereocenters. The van der Waals surface area contributed by atoms with E-state index in [4.69, 9.17) is 0 Å². The zero-order valence-corrected chi connectivity index (χ0v) is 15.5. The number of piperidine rings is 1. The van der Waals surface area contributed by atoms with Gasteiger partial charge < -0.3 is 9.88 Å². The molecule has 10 heteroatoms. The van der Waals surface area contributed by atoms with Crippen LogP contribution in [0.2, 0.25) is 0 Å². The summed E-state index contributed by atoms with van der Waals surface area (Å²) >= 11 is 0. The molecular formula is C19H18F3N5O2. The summed E-state index contributed by atoms with van der Waals surface area (Å²) in [5, 5.41) is 4.12. The number of rotatable bonds is 2. The summed E-state index contributed by atoms with van der Waals surface area (Å²) in [4.78, 5) is 34.2. The molecule has 4 rings (SSSR count). The number of H-pyrrole nitrogens is 1. The number of alkyl halides is 3. The quantitative estimate of drug-likeness (QED) is 0.711. The van der Waals surface area contributed by atoms with E-state index in [1.54, 1.807) is 19.1 Å². The molecule has 1 fully saturated rings. The molecule has 29 heavy (non-hydrogen) atoms. The highest BCUT2D eigenvalue weighted by molar-refractivity contribution is 5.96. The Bertz CT molecular complexity index is 1130. The SMILES string of the molecule is Cc1ccc2c(=O)c(C(=O)N3CCCC(n4nccc4C(F)(F)F)C3)c[nH]c2n1. The van der Waals surface area contributed by atoms with Crippen molar-refractivity contribution in [2.24, 2.45) is 0 Å². The molecule has 1 aliphatic rings. The lowest BCUT2D eigenvalue weighted by atomic mass is 10.0. The Kier molecular flexibility index (Phi) is 4.64. The monoisotopic (exact) mass is 405 g/mol. The molecule has 7 nitrogen and oxygen atoms in total. The third-order valence-electron chi connectivity index (χ3n) is 5.10. The number of carbonyl (C=O) groups is 1. The number of amides is 1. The van der Waals surface area contributed by atoms with Gasteiger partial charge in [-0.3, -0.25) is 14.3 Å². The Morgan fingerprint density at radius 2 is 2.07 bits per heavy atom. The minimum Gasteiger partial charge on any atom is -0.345 e. The second-order valence-electron chi connectivity index (χ2n) is 7.09. The second-order valence-corrected chi connectivity index (χ2v) is 7.09. The first-order chi connectivity index (χ1) is 13.8. The summed E-state index contributed by atoms with van der Waals surface area (Å²) in [7, 11) is 0. The van der Waals surface area contributed by atoms with Crippen molar-refractivity contribution in [1.29, 1.82) is 0 Å². The fourth-order valence-electron chi connectivity index (χ4n) is 3.70. The van der Waals surface area contributed by atoms with Crippen LogP contribution in [0.15, 0.2) is 35.4 Å². The molecule has 0 saturated carbocycles. The molecule has 0 aliphatic carbocycles. The molecule has 1 aliphatic heterocycles. The fourth-order valence-corrected chi connectivity index (χ4v) is 3.70. The number of aromatic amines is 1. The number of hydrogen-bond donors (Lipinski definition) is 1. The van der Waals surface area contributed by atoms with Crippen molar-refractivity contribution in [3.05, 3.63) is 57.8 Å². The lowest BCUT2D eigenvalue weighted by Gasteiger charge is -2.33. The first-order valence-electron chi connectivity index (χ1n) is 9.15. The Labute approximate surface area is 163 Å². The Balaban J connectivity index is 1.63. The molecule has 0 radical (unpaired) electrons. The van der Waals surface area contributed by atoms with Crippen LogP contribution in [0.25, 0.3) is 11.0 Å². The van der Waals surface area contributed by atoms with E-state index in [2.05, 4.69) is 15.1 Å². The van der Waals surface area contributed by atoms with Gasteiger partial charge in [0.05, 0.1) is 11.4 Å². The van der Waals surface area contributed by atoms with Gasteiger partial charge in [-0.1, -0.05) is 0 Å². The van der Waals surface area contributed by atoms with Crippen molar-refractivity contribution >= 4 is 16.9 Å². The van der Waals surface area contributed by atoms with Gasteiger partial charge in [-0.15, -0.1) is 0 Å². The molecule has 1 amide bonds. The highest BCUT2D eigenvalue weighted by Crippen LogP contribution is 2.33. The summed E-state index contributed by atoms with van der Waals surface area (Å²) in [5.74, 6) is -0.515. The fraction of sp³-hybridized carbons (Fsp3) is 0.368. The lowest BCUT2D eigenvalue weighted by molar-refractivity contribution is -0.145. The van der Waals surface area contributed by atoms with E-state index < -0.39 is 29.2 Å². The van der Waals surface area contributed by atoms with Gasteiger partial charge in [-0.2, -0.15) is 18.3 Å². The van der Waals surface area contributed by atoms with Crippen molar-refractivity contribution in [2.75, 3.05) is 13.1 Å². The van der Waals surface area contributed by atoms with E-state index in [0.29, 0.717) is 30.4 Å². The summed E-state index contributed by atoms with van der Waals surface area (Å²) in [5.41, 5.74) is -0.240. The maximum Gasteiger partial charge on any atom is 0.433 e. The van der Waals surface area contributed by atoms with Crippen LogP contribution < -0.4 is 5.43 Å². The minimum absolute atomic E-state index is 0.0488. The third kappa shape index (κ3) is 3.50. The number of halogens is 3. The maximum absolute atomic E-state index is 13.2. The highest BCUT2D eigenvalue weighted by atomic mass is 19.4. The van der Waals surface area contributed by atoms with Crippen LogP contribution >= 0.6 is 0 Å². The first kappa shape index (κ1) is 19.2. The zero-order valence-electron chi connectivity index (χ0n) is 15.5. The molecular weight excluding hydrogens is 387 g/mol. The van der Waals surface area contributed by atoms with Crippen LogP contribution in [0, 0.1) is 6.92 Å². The first-order valence-corrected chi connectivity index (χ1v) is 9.15. The Morgan fingerprint density at radius 3 is 2.83 bits per heavy atom. The molecule has 0 aromatic carbocycles. The van der Waals surface area contributed by atoms with Crippen LogP contribution in [0.1, 0.15) is 40.6 Å². The zero-order chi connectivity index (χ0) is 20.8. The molecule has 3 aromatic heterocycles. The molecule has 4 heterocycles. The van der Waals surface area contributed by atoms with Crippen LogP contribution in [0.4, 0.5) is 13.2 Å². The van der Waals surface area contributed by atoms with Gasteiger partial charge in [0, 0.05) is 31.2 Å². The number of nitrogens with zero attached hydrogens (tertiary/aromatic N) is 4. The number of fused-ring (bicyclic) bond motifs is 1. The van der Waals surface area contributed by atoms with Gasteiger partial charge in [-0.25, -0.2) is 4.98 Å². The lowest BCUT2D eigenvalue weighted by Crippen LogP contribution is -2.43. The van der Waals surface area contributed by atoms with Crippen molar-refractivity contribution in [3.8, 4) is 0 Å². The predicted molar refractivity (Wildman–Crippen MR) is 98.5 cm³/mol. The Morgan fingerprint density at radius 1 is 1.28 bits per heavy atom. The van der Waals surface area contributed by atoms with E-state index in [1.165, 1.54) is 11.1 Å². The van der Waals surface area contributed by atoms with Crippen LogP contribution in [0.3, 0.4) is 0 Å². The number of aromatic nitrogens is 4. The summed E-state index contributed by atoms with van der Waals surface area (Å²) in [6.45, 7) is 2.20. The second kappa shape index (κ2) is 7.02. The number of nitrogens with one attached hydrogen (secondary N) is 1. The molecule has 1 N–H and O–H groups in total. The van der Waals surface area contributed by atoms with Crippen LogP contribution in [-0.4, -0.2) is 43.6 Å². The van der Waals surface area contributed by atoms with Crippen molar-refractivity contribution in [1.82, 2.24) is 24.6 Å². The topological polar surface area (TPSA) is 83.9 Å². The number of likely N-dealkylation sites (tertiary alicyclic amines) is 1. The molecule has 3 aromatic rings. The normalized spacial score (nSPS) is 17.7. The average molecular weight is 405 g/mol. The van der Waals surface area contributed by atoms with Crippen molar-refractivity contribution in [2.45, 2.75) is 32.0 Å². The van der Waals surface area contributed by atoms with Gasteiger partial charge in [-0.05, 0) is 38.0 Å². The number of aryl methyl sites for hydroxylation is 1. The van der Waals surface area contributed by atoms with E-state index in [-0.39, 0.29) is 12.1 Å². The largest absolute Gasteiger partial charge is 0.433 e. The van der Waals surface area contributed by atoms with Crippen LogP contribution in [-0.2, 0) is 6.18 Å². The average Bonchev–Trinajstić information content (AvgIpc) is 3.18. The van der Waals surface area contributed by atoms with E-state index >= 15 is 0 Å². The maximum atomic E-state index is 13.2.